The van der Waals surface area contributed by atoms with Gasteiger partial charge in [-0.05, 0) is 6.92 Å². The molecule has 0 unspecified atom stereocenters. The third-order valence-electron chi connectivity index (χ3n) is 2.33. The Kier molecular flexibility index (Phi) is 5.08. The molecule has 7 heteroatoms. The van der Waals surface area contributed by atoms with E-state index in [1.54, 1.807) is 6.07 Å². The highest BCUT2D eigenvalue weighted by Gasteiger charge is 2.28. The van der Waals surface area contributed by atoms with Crippen LogP contribution in [0.15, 0.2) is 12.4 Å². The van der Waals surface area contributed by atoms with Crippen LogP contribution in [0.5, 0.6) is 0 Å². The molecular formula is C10H18N4O3. The van der Waals surface area contributed by atoms with E-state index in [-0.39, 0.29) is 0 Å². The SMILES string of the molecule is CCNc1cc(NC(CO)(CO)CO)ncn1. The van der Waals surface area contributed by atoms with Gasteiger partial charge in [0.15, 0.2) is 0 Å². The van der Waals surface area contributed by atoms with E-state index < -0.39 is 25.4 Å². The number of hydrogen-bond acceptors (Lipinski definition) is 7. The van der Waals surface area contributed by atoms with E-state index in [1.807, 2.05) is 6.92 Å². The molecule has 0 aliphatic heterocycles. The first-order valence-corrected chi connectivity index (χ1v) is 5.36. The quantitative estimate of drug-likeness (QED) is 0.418. The molecule has 7 nitrogen and oxygen atoms in total. The number of rotatable bonds is 7. The van der Waals surface area contributed by atoms with Crippen molar-refractivity contribution in [2.24, 2.45) is 0 Å². The van der Waals surface area contributed by atoms with Gasteiger partial charge in [-0.15, -0.1) is 0 Å². The molecule has 5 N–H and O–H groups in total. The average Bonchev–Trinajstić information content (AvgIpc) is 2.37. The van der Waals surface area contributed by atoms with Gasteiger partial charge in [-0.1, -0.05) is 0 Å². The van der Waals surface area contributed by atoms with Crippen molar-refractivity contribution >= 4 is 11.6 Å². The third-order valence-corrected chi connectivity index (χ3v) is 2.33. The maximum atomic E-state index is 9.17. The number of aliphatic hydroxyl groups is 3. The molecule has 0 aliphatic rings. The first-order chi connectivity index (χ1) is 8.19. The molecule has 1 heterocycles. The van der Waals surface area contributed by atoms with Crippen molar-refractivity contribution in [1.29, 1.82) is 0 Å². The monoisotopic (exact) mass is 242 g/mol. The van der Waals surface area contributed by atoms with Gasteiger partial charge in [0.25, 0.3) is 0 Å². The first kappa shape index (κ1) is 13.6. The lowest BCUT2D eigenvalue weighted by Gasteiger charge is -2.29. The Hall–Kier alpha value is -1.44. The van der Waals surface area contributed by atoms with Gasteiger partial charge in [0.2, 0.25) is 0 Å². The largest absolute Gasteiger partial charge is 0.394 e. The van der Waals surface area contributed by atoms with Crippen LogP contribution in [0, 0.1) is 0 Å². The molecule has 0 amide bonds. The van der Waals surface area contributed by atoms with Crippen molar-refractivity contribution < 1.29 is 15.3 Å². The Balaban J connectivity index is 2.82. The average molecular weight is 242 g/mol. The van der Waals surface area contributed by atoms with Gasteiger partial charge in [0.05, 0.1) is 19.8 Å². The Bertz CT molecular complexity index is 336. The minimum atomic E-state index is -1.18. The van der Waals surface area contributed by atoms with Gasteiger partial charge >= 0.3 is 0 Å². The molecule has 0 atom stereocenters. The third kappa shape index (κ3) is 3.52. The highest BCUT2D eigenvalue weighted by atomic mass is 16.3. The van der Waals surface area contributed by atoms with Crippen LogP contribution in [0.2, 0.25) is 0 Å². The summed E-state index contributed by atoms with van der Waals surface area (Å²) >= 11 is 0. The number of aliphatic hydroxyl groups excluding tert-OH is 3. The van der Waals surface area contributed by atoms with Crippen molar-refractivity contribution in [3.8, 4) is 0 Å². The molecule has 17 heavy (non-hydrogen) atoms. The van der Waals surface area contributed by atoms with E-state index in [1.165, 1.54) is 6.33 Å². The van der Waals surface area contributed by atoms with Crippen LogP contribution in [0.25, 0.3) is 0 Å². The molecule has 1 rings (SSSR count). The maximum absolute atomic E-state index is 9.17. The fourth-order valence-electron chi connectivity index (χ4n) is 1.24. The number of nitrogens with zero attached hydrogens (tertiary/aromatic N) is 2. The van der Waals surface area contributed by atoms with Crippen LogP contribution < -0.4 is 10.6 Å². The van der Waals surface area contributed by atoms with Gasteiger partial charge < -0.3 is 26.0 Å². The van der Waals surface area contributed by atoms with Gasteiger partial charge in [-0.25, -0.2) is 9.97 Å². The van der Waals surface area contributed by atoms with Crippen LogP contribution in [0.4, 0.5) is 11.6 Å². The van der Waals surface area contributed by atoms with Crippen LogP contribution in [-0.4, -0.2) is 57.2 Å². The summed E-state index contributed by atoms with van der Waals surface area (Å²) < 4.78 is 0. The molecule has 96 valence electrons. The van der Waals surface area contributed by atoms with Gasteiger partial charge in [-0.3, -0.25) is 0 Å². The summed E-state index contributed by atoms with van der Waals surface area (Å²) in [6.07, 6.45) is 1.36. The van der Waals surface area contributed by atoms with Crippen LogP contribution >= 0.6 is 0 Å². The zero-order valence-electron chi connectivity index (χ0n) is 9.72. The highest BCUT2D eigenvalue weighted by Crippen LogP contribution is 2.14. The molecule has 0 bridgehead atoms. The molecule has 0 saturated carbocycles. The first-order valence-electron chi connectivity index (χ1n) is 5.36. The summed E-state index contributed by atoms with van der Waals surface area (Å²) in [7, 11) is 0. The second-order valence-corrected chi connectivity index (χ2v) is 3.70. The van der Waals surface area contributed by atoms with E-state index >= 15 is 0 Å². The van der Waals surface area contributed by atoms with Crippen LogP contribution in [0.1, 0.15) is 6.92 Å². The molecule has 0 aromatic carbocycles. The van der Waals surface area contributed by atoms with Crippen molar-refractivity contribution in [2.45, 2.75) is 12.5 Å². The van der Waals surface area contributed by atoms with E-state index in [9.17, 15) is 0 Å². The Morgan fingerprint density at radius 2 is 1.71 bits per heavy atom. The Labute approximate surface area is 99.5 Å². The van der Waals surface area contributed by atoms with E-state index in [0.717, 1.165) is 6.54 Å². The zero-order valence-corrected chi connectivity index (χ0v) is 9.72. The number of nitrogens with one attached hydrogen (secondary N) is 2. The minimum absolute atomic E-state index is 0.402. The molecule has 0 saturated heterocycles. The molecule has 0 aliphatic carbocycles. The van der Waals surface area contributed by atoms with Crippen molar-refractivity contribution in [2.75, 3.05) is 37.0 Å². The molecule has 0 fully saturated rings. The summed E-state index contributed by atoms with van der Waals surface area (Å²) in [6.45, 7) is 1.46. The fraction of sp³-hybridized carbons (Fsp3) is 0.600. The van der Waals surface area contributed by atoms with E-state index in [0.29, 0.717) is 11.6 Å². The predicted octanol–water partition coefficient (Wildman–Crippen LogP) is -0.964. The highest BCUT2D eigenvalue weighted by molar-refractivity contribution is 5.48. The summed E-state index contributed by atoms with van der Waals surface area (Å²) in [4.78, 5) is 7.94. The number of anilines is 2. The van der Waals surface area contributed by atoms with Gasteiger partial charge in [-0.2, -0.15) is 0 Å². The molecular weight excluding hydrogens is 224 g/mol. The lowest BCUT2D eigenvalue weighted by Crippen LogP contribution is -2.49. The van der Waals surface area contributed by atoms with E-state index in [4.69, 9.17) is 15.3 Å². The molecule has 1 aromatic rings. The second-order valence-electron chi connectivity index (χ2n) is 3.70. The molecule has 0 radical (unpaired) electrons. The van der Waals surface area contributed by atoms with Crippen molar-refractivity contribution in [3.05, 3.63) is 12.4 Å². The Morgan fingerprint density at radius 1 is 1.12 bits per heavy atom. The van der Waals surface area contributed by atoms with Gasteiger partial charge in [0.1, 0.15) is 23.5 Å². The topological polar surface area (TPSA) is 111 Å². The normalized spacial score (nSPS) is 11.3. The summed E-state index contributed by atoms with van der Waals surface area (Å²) in [5.41, 5.74) is -1.18. The second kappa shape index (κ2) is 6.33. The number of aromatic nitrogens is 2. The van der Waals surface area contributed by atoms with Crippen molar-refractivity contribution in [3.63, 3.8) is 0 Å². The maximum Gasteiger partial charge on any atom is 0.132 e. The predicted molar refractivity (Wildman–Crippen MR) is 63.8 cm³/mol. The number of hydrogen-bond donors (Lipinski definition) is 5. The van der Waals surface area contributed by atoms with Crippen molar-refractivity contribution in [1.82, 2.24) is 9.97 Å². The standard InChI is InChI=1S/C10H18N4O3/c1-2-11-8-3-9(13-7-12-8)14-10(4-15,5-16)6-17/h3,7,15-17H,2,4-6H2,1H3,(H2,11,12,13,14). The minimum Gasteiger partial charge on any atom is -0.394 e. The molecule has 0 spiro atoms. The summed E-state index contributed by atoms with van der Waals surface area (Å²) in [5, 5.41) is 33.3. The van der Waals surface area contributed by atoms with Crippen LogP contribution in [-0.2, 0) is 0 Å². The lowest BCUT2D eigenvalue weighted by molar-refractivity contribution is 0.0831. The lowest BCUT2D eigenvalue weighted by atomic mass is 10.0. The summed E-state index contributed by atoms with van der Waals surface area (Å²) in [5.74, 6) is 1.06. The molecule has 1 aromatic heterocycles. The summed E-state index contributed by atoms with van der Waals surface area (Å²) in [6, 6.07) is 1.64. The smallest absolute Gasteiger partial charge is 0.132 e. The zero-order chi connectivity index (χ0) is 12.7. The van der Waals surface area contributed by atoms with Crippen LogP contribution in [0.3, 0.4) is 0 Å². The van der Waals surface area contributed by atoms with Gasteiger partial charge in [0, 0.05) is 12.6 Å². The van der Waals surface area contributed by atoms with E-state index in [2.05, 4.69) is 20.6 Å². The Morgan fingerprint density at radius 3 is 2.24 bits per heavy atom. The fourth-order valence-corrected chi connectivity index (χ4v) is 1.24.